The standard InChI is InChI=1S/C29H34N2O5/c1-16-7-8-22-27(2,3)23(35-26(34)17-6-5-11-30-14-17)9-10-29(22)28(16,4)13-19-21(32)12-18-20(24(19)36-29)15-31-25(18)33/h5-6,11-12,14,16,22-23,32H,7-10,13,15H2,1-4H3,(H,31,33)/t16-,22-,23-,28+,29-/m0/s1. The van der Waals surface area contributed by atoms with Gasteiger partial charge in [-0.2, -0.15) is 0 Å². The molecule has 0 bridgehead atoms. The van der Waals surface area contributed by atoms with Gasteiger partial charge >= 0.3 is 5.97 Å². The number of aromatic hydroxyl groups is 1. The van der Waals surface area contributed by atoms with Gasteiger partial charge in [-0.05, 0) is 56.2 Å². The molecular formula is C29H34N2O5. The molecule has 2 fully saturated rings. The summed E-state index contributed by atoms with van der Waals surface area (Å²) in [6.45, 7) is 9.42. The van der Waals surface area contributed by atoms with E-state index in [-0.39, 0.29) is 40.5 Å². The number of hydrogen-bond acceptors (Lipinski definition) is 6. The van der Waals surface area contributed by atoms with Gasteiger partial charge in [-0.15, -0.1) is 0 Å². The summed E-state index contributed by atoms with van der Waals surface area (Å²) in [5.41, 5.74) is 1.61. The van der Waals surface area contributed by atoms with Gasteiger partial charge in [0.25, 0.3) is 5.91 Å². The summed E-state index contributed by atoms with van der Waals surface area (Å²) in [6.07, 6.45) is 7.08. The number of benzene rings is 1. The Morgan fingerprint density at radius 2 is 2.03 bits per heavy atom. The molecule has 2 N–H and O–H groups in total. The van der Waals surface area contributed by atoms with Crippen LogP contribution in [0.2, 0.25) is 0 Å². The van der Waals surface area contributed by atoms with E-state index in [9.17, 15) is 14.7 Å². The molecule has 7 heteroatoms. The Balaban J connectivity index is 1.41. The molecule has 1 amide bonds. The lowest BCUT2D eigenvalue weighted by atomic mass is 9.43. The lowest BCUT2D eigenvalue weighted by Crippen LogP contribution is -2.70. The highest BCUT2D eigenvalue weighted by molar-refractivity contribution is 6.00. The fraction of sp³-hybridized carbons (Fsp3) is 0.552. The number of phenols is 1. The van der Waals surface area contributed by atoms with Crippen LogP contribution in [0, 0.1) is 22.7 Å². The number of pyridine rings is 1. The predicted octanol–water partition coefficient (Wildman–Crippen LogP) is 4.80. The second kappa shape index (κ2) is 7.70. The summed E-state index contributed by atoms with van der Waals surface area (Å²) >= 11 is 0. The van der Waals surface area contributed by atoms with Crippen molar-refractivity contribution >= 4 is 11.9 Å². The van der Waals surface area contributed by atoms with Crippen molar-refractivity contribution in [2.45, 2.75) is 78.0 Å². The van der Waals surface area contributed by atoms with Gasteiger partial charge in [0.15, 0.2) is 0 Å². The molecule has 1 aromatic heterocycles. The predicted molar refractivity (Wildman–Crippen MR) is 133 cm³/mol. The van der Waals surface area contributed by atoms with Gasteiger partial charge in [-0.3, -0.25) is 9.78 Å². The highest BCUT2D eigenvalue weighted by Gasteiger charge is 2.68. The Kier molecular flexibility index (Phi) is 4.99. The molecule has 2 aliphatic heterocycles. The quantitative estimate of drug-likeness (QED) is 0.587. The first-order valence-electron chi connectivity index (χ1n) is 13.0. The van der Waals surface area contributed by atoms with E-state index >= 15 is 0 Å². The maximum Gasteiger partial charge on any atom is 0.339 e. The van der Waals surface area contributed by atoms with Gasteiger partial charge in [-0.25, -0.2) is 4.79 Å². The third-order valence-electron chi connectivity index (χ3n) is 10.1. The Labute approximate surface area is 211 Å². The largest absolute Gasteiger partial charge is 0.508 e. The average Bonchev–Trinajstić information content (AvgIpc) is 3.22. The van der Waals surface area contributed by atoms with Gasteiger partial charge in [-0.1, -0.05) is 27.7 Å². The molecule has 1 spiro atoms. The second-order valence-corrected chi connectivity index (χ2v) is 12.0. The van der Waals surface area contributed by atoms with Gasteiger partial charge in [0.05, 0.1) is 11.1 Å². The third kappa shape index (κ3) is 3.01. The van der Waals surface area contributed by atoms with Crippen LogP contribution in [0.15, 0.2) is 30.6 Å². The first-order valence-corrected chi connectivity index (χ1v) is 13.0. The van der Waals surface area contributed by atoms with Crippen LogP contribution in [0.3, 0.4) is 0 Å². The summed E-state index contributed by atoms with van der Waals surface area (Å²) < 4.78 is 13.3. The summed E-state index contributed by atoms with van der Waals surface area (Å²) in [5, 5.41) is 13.8. The molecule has 0 unspecified atom stereocenters. The number of carbonyl (C=O) groups is 2. The summed E-state index contributed by atoms with van der Waals surface area (Å²) in [6, 6.07) is 5.08. The highest BCUT2D eigenvalue weighted by Crippen LogP contribution is 2.67. The minimum absolute atomic E-state index is 0.142. The van der Waals surface area contributed by atoms with E-state index in [1.165, 1.54) is 0 Å². The number of aromatic nitrogens is 1. The monoisotopic (exact) mass is 490 g/mol. The third-order valence-corrected chi connectivity index (χ3v) is 10.1. The van der Waals surface area contributed by atoms with Crippen molar-refractivity contribution in [3.05, 3.63) is 52.8 Å². The number of phenolic OH excluding ortho intramolecular Hbond substituents is 1. The molecule has 1 aromatic carbocycles. The number of hydrogen-bond donors (Lipinski definition) is 2. The normalized spacial score (nSPS) is 33.8. The van der Waals surface area contributed by atoms with E-state index in [4.69, 9.17) is 9.47 Å². The van der Waals surface area contributed by atoms with E-state index in [0.29, 0.717) is 42.2 Å². The molecule has 2 saturated carbocycles. The summed E-state index contributed by atoms with van der Waals surface area (Å²) in [5.74, 6) is 0.845. The molecule has 7 nitrogen and oxygen atoms in total. The van der Waals surface area contributed by atoms with Crippen molar-refractivity contribution in [1.82, 2.24) is 10.3 Å². The zero-order chi connectivity index (χ0) is 25.5. The van der Waals surface area contributed by atoms with E-state index < -0.39 is 5.60 Å². The smallest absolute Gasteiger partial charge is 0.339 e. The topological polar surface area (TPSA) is 97.8 Å². The van der Waals surface area contributed by atoms with Crippen LogP contribution in [0.1, 0.15) is 85.2 Å². The molecule has 190 valence electrons. The van der Waals surface area contributed by atoms with Crippen LogP contribution < -0.4 is 10.1 Å². The summed E-state index contributed by atoms with van der Waals surface area (Å²) in [4.78, 5) is 29.4. The molecule has 4 aliphatic rings. The zero-order valence-corrected chi connectivity index (χ0v) is 21.4. The maximum atomic E-state index is 13.0. The van der Waals surface area contributed by atoms with Crippen LogP contribution in [0.5, 0.6) is 11.5 Å². The molecule has 2 aliphatic carbocycles. The van der Waals surface area contributed by atoms with E-state index in [1.807, 2.05) is 0 Å². The molecule has 5 atom stereocenters. The molecule has 3 heterocycles. The number of esters is 1. The van der Waals surface area contributed by atoms with Crippen molar-refractivity contribution in [2.75, 3.05) is 0 Å². The maximum absolute atomic E-state index is 13.0. The number of ether oxygens (including phenoxy) is 2. The van der Waals surface area contributed by atoms with Crippen LogP contribution in [0.4, 0.5) is 0 Å². The van der Waals surface area contributed by atoms with Crippen LogP contribution in [0.25, 0.3) is 0 Å². The molecule has 6 rings (SSSR count). The Morgan fingerprint density at radius 3 is 2.78 bits per heavy atom. The minimum Gasteiger partial charge on any atom is -0.508 e. The Bertz CT molecular complexity index is 1260. The van der Waals surface area contributed by atoms with Crippen LogP contribution >= 0.6 is 0 Å². The molecule has 2 aromatic rings. The minimum atomic E-state index is -0.481. The van der Waals surface area contributed by atoms with Crippen molar-refractivity contribution in [2.24, 2.45) is 22.7 Å². The van der Waals surface area contributed by atoms with Gasteiger partial charge in [0, 0.05) is 46.8 Å². The average molecular weight is 491 g/mol. The fourth-order valence-corrected chi connectivity index (χ4v) is 7.83. The lowest BCUT2D eigenvalue weighted by molar-refractivity contribution is -0.233. The Hall–Kier alpha value is -3.09. The number of nitrogens with one attached hydrogen (secondary N) is 1. The van der Waals surface area contributed by atoms with Gasteiger partial charge in [0.2, 0.25) is 0 Å². The van der Waals surface area contributed by atoms with E-state index in [1.54, 1.807) is 30.6 Å². The van der Waals surface area contributed by atoms with Gasteiger partial charge in [0.1, 0.15) is 23.2 Å². The number of amides is 1. The molecule has 0 radical (unpaired) electrons. The molecular weight excluding hydrogens is 456 g/mol. The van der Waals surface area contributed by atoms with E-state index in [2.05, 4.69) is 38.0 Å². The van der Waals surface area contributed by atoms with E-state index in [0.717, 1.165) is 30.4 Å². The van der Waals surface area contributed by atoms with Crippen LogP contribution in [-0.2, 0) is 17.7 Å². The number of rotatable bonds is 2. The second-order valence-electron chi connectivity index (χ2n) is 12.0. The number of nitrogens with zero attached hydrogens (tertiary/aromatic N) is 1. The Morgan fingerprint density at radius 1 is 1.22 bits per heavy atom. The lowest BCUT2D eigenvalue weighted by Gasteiger charge is -2.67. The molecule has 0 saturated heterocycles. The summed E-state index contributed by atoms with van der Waals surface area (Å²) in [7, 11) is 0. The fourth-order valence-electron chi connectivity index (χ4n) is 7.83. The number of fused-ring (bicyclic) bond motifs is 3. The number of carbonyl (C=O) groups excluding carboxylic acids is 2. The first kappa shape index (κ1) is 23.3. The zero-order valence-electron chi connectivity index (χ0n) is 21.4. The van der Waals surface area contributed by atoms with Crippen molar-refractivity contribution in [1.29, 1.82) is 0 Å². The van der Waals surface area contributed by atoms with Gasteiger partial charge < -0.3 is 19.9 Å². The van der Waals surface area contributed by atoms with Crippen molar-refractivity contribution in [3.63, 3.8) is 0 Å². The highest BCUT2D eigenvalue weighted by atomic mass is 16.5. The van der Waals surface area contributed by atoms with Crippen molar-refractivity contribution in [3.8, 4) is 11.5 Å². The SMILES string of the molecule is C[C@H]1CC[C@H]2C(C)(C)[C@@H](OC(=O)c3cccnc3)CC[C@]23Oc2c(c(O)cc4c2CNC4=O)C[C@]13C. The van der Waals surface area contributed by atoms with Crippen molar-refractivity contribution < 1.29 is 24.2 Å². The van der Waals surface area contributed by atoms with Crippen LogP contribution in [-0.4, -0.2) is 33.7 Å². The molecule has 36 heavy (non-hydrogen) atoms. The first-order chi connectivity index (χ1) is 17.1.